The summed E-state index contributed by atoms with van der Waals surface area (Å²) in [6.07, 6.45) is 0. The first-order valence-corrected chi connectivity index (χ1v) is 12.3. The molecule has 0 fully saturated rings. The molecule has 0 atom stereocenters. The third-order valence-electron chi connectivity index (χ3n) is 4.86. The smallest absolute Gasteiger partial charge is 0.271 e. The molecular formula is C19H25N3O7S2. The number of hydrogen-bond donors (Lipinski definition) is 1. The molecule has 0 saturated carbocycles. The van der Waals surface area contributed by atoms with Crippen molar-refractivity contribution in [1.82, 2.24) is 4.31 Å². The van der Waals surface area contributed by atoms with Crippen LogP contribution in [0, 0.1) is 24.0 Å². The van der Waals surface area contributed by atoms with Crippen LogP contribution in [0.25, 0.3) is 0 Å². The molecule has 0 aliphatic rings. The predicted octanol–water partition coefficient (Wildman–Crippen LogP) is 3.05. The van der Waals surface area contributed by atoms with Gasteiger partial charge >= 0.3 is 0 Å². The van der Waals surface area contributed by atoms with Crippen molar-refractivity contribution in [3.8, 4) is 5.75 Å². The highest BCUT2D eigenvalue weighted by Gasteiger charge is 2.26. The molecule has 0 saturated heterocycles. The van der Waals surface area contributed by atoms with Crippen molar-refractivity contribution < 1.29 is 26.5 Å². The molecule has 2 aromatic carbocycles. The van der Waals surface area contributed by atoms with E-state index in [1.807, 2.05) is 0 Å². The number of nitro groups is 1. The van der Waals surface area contributed by atoms with Crippen LogP contribution in [0.1, 0.15) is 25.0 Å². The second-order valence-corrected chi connectivity index (χ2v) is 10.3. The van der Waals surface area contributed by atoms with Crippen molar-refractivity contribution >= 4 is 31.4 Å². The fraction of sp³-hybridized carbons (Fsp3) is 0.368. The molecule has 170 valence electrons. The number of rotatable bonds is 9. The average Bonchev–Trinajstić information content (AvgIpc) is 2.69. The number of methoxy groups -OCH3 is 1. The van der Waals surface area contributed by atoms with Gasteiger partial charge in [-0.25, -0.2) is 16.8 Å². The topological polar surface area (TPSA) is 136 Å². The summed E-state index contributed by atoms with van der Waals surface area (Å²) in [5.74, 6) is 0.0990. The number of nitrogens with zero attached hydrogens (tertiary/aromatic N) is 2. The number of hydrogen-bond acceptors (Lipinski definition) is 7. The summed E-state index contributed by atoms with van der Waals surface area (Å²) < 4.78 is 60.6. The SMILES string of the molecule is CCN(CC)S(=O)(=O)c1ccc(OC)c(NS(=O)(=O)c2cc([N+](=O)[O-])cc(C)c2C)c1. The largest absolute Gasteiger partial charge is 0.495 e. The first-order chi connectivity index (χ1) is 14.4. The van der Waals surface area contributed by atoms with Crippen molar-refractivity contribution in [3.05, 3.63) is 51.6 Å². The van der Waals surface area contributed by atoms with Gasteiger partial charge in [-0.15, -0.1) is 0 Å². The zero-order chi connectivity index (χ0) is 23.6. The second-order valence-electron chi connectivity index (χ2n) is 6.70. The van der Waals surface area contributed by atoms with Gasteiger partial charge < -0.3 is 4.74 Å². The van der Waals surface area contributed by atoms with E-state index in [1.165, 1.54) is 42.6 Å². The Kier molecular flexibility index (Phi) is 7.29. The maximum atomic E-state index is 13.1. The highest BCUT2D eigenvalue weighted by atomic mass is 32.2. The molecule has 0 heterocycles. The maximum Gasteiger partial charge on any atom is 0.271 e. The van der Waals surface area contributed by atoms with E-state index in [9.17, 15) is 26.9 Å². The molecule has 0 amide bonds. The van der Waals surface area contributed by atoms with E-state index in [4.69, 9.17) is 4.74 Å². The van der Waals surface area contributed by atoms with Gasteiger partial charge in [-0.1, -0.05) is 13.8 Å². The number of ether oxygens (including phenoxy) is 1. The quantitative estimate of drug-likeness (QED) is 0.438. The fourth-order valence-electron chi connectivity index (χ4n) is 3.03. The summed E-state index contributed by atoms with van der Waals surface area (Å²) in [4.78, 5) is 10.1. The van der Waals surface area contributed by atoms with E-state index in [-0.39, 0.29) is 40.0 Å². The van der Waals surface area contributed by atoms with Crippen molar-refractivity contribution in [2.24, 2.45) is 0 Å². The fourth-order valence-corrected chi connectivity index (χ4v) is 5.92. The minimum absolute atomic E-state index is 0.0979. The molecule has 0 aliphatic carbocycles. The van der Waals surface area contributed by atoms with Crippen LogP contribution < -0.4 is 9.46 Å². The molecule has 0 radical (unpaired) electrons. The maximum absolute atomic E-state index is 13.1. The molecule has 0 spiro atoms. The summed E-state index contributed by atoms with van der Waals surface area (Å²) in [5.41, 5.74) is 0.302. The van der Waals surface area contributed by atoms with Crippen LogP contribution in [0.2, 0.25) is 0 Å². The number of non-ortho nitro benzene ring substituents is 1. The minimum Gasteiger partial charge on any atom is -0.495 e. The second kappa shape index (κ2) is 9.20. The Labute approximate surface area is 182 Å². The van der Waals surface area contributed by atoms with E-state index in [0.29, 0.717) is 11.1 Å². The van der Waals surface area contributed by atoms with Crippen LogP contribution >= 0.6 is 0 Å². The van der Waals surface area contributed by atoms with Gasteiger partial charge in [-0.2, -0.15) is 4.31 Å². The van der Waals surface area contributed by atoms with Crippen molar-refractivity contribution in [2.45, 2.75) is 37.5 Å². The Morgan fingerprint density at radius 3 is 2.19 bits per heavy atom. The normalized spacial score (nSPS) is 12.1. The van der Waals surface area contributed by atoms with E-state index in [0.717, 1.165) is 6.07 Å². The summed E-state index contributed by atoms with van der Waals surface area (Å²) in [6, 6.07) is 6.09. The number of aryl methyl sites for hydroxylation is 1. The van der Waals surface area contributed by atoms with E-state index in [1.54, 1.807) is 20.8 Å². The molecule has 2 rings (SSSR count). The third kappa shape index (κ3) is 4.97. The Hall–Kier alpha value is -2.70. The summed E-state index contributed by atoms with van der Waals surface area (Å²) >= 11 is 0. The van der Waals surface area contributed by atoms with Crippen molar-refractivity contribution in [3.63, 3.8) is 0 Å². The molecule has 0 unspecified atom stereocenters. The lowest BCUT2D eigenvalue weighted by Gasteiger charge is -2.20. The Morgan fingerprint density at radius 2 is 1.68 bits per heavy atom. The van der Waals surface area contributed by atoms with Gasteiger partial charge in [0.25, 0.3) is 15.7 Å². The van der Waals surface area contributed by atoms with Gasteiger partial charge in [0.15, 0.2) is 0 Å². The zero-order valence-corrected chi connectivity index (χ0v) is 19.5. The number of benzene rings is 2. The molecule has 31 heavy (non-hydrogen) atoms. The molecule has 2 aromatic rings. The number of nitrogens with one attached hydrogen (secondary N) is 1. The Bertz CT molecular complexity index is 1210. The van der Waals surface area contributed by atoms with Gasteiger partial charge in [0.1, 0.15) is 5.75 Å². The Balaban J connectivity index is 2.61. The van der Waals surface area contributed by atoms with E-state index in [2.05, 4.69) is 4.72 Å². The van der Waals surface area contributed by atoms with E-state index >= 15 is 0 Å². The van der Waals surface area contributed by atoms with Gasteiger partial charge in [-0.3, -0.25) is 14.8 Å². The first kappa shape index (κ1) is 24.6. The standard InChI is InChI=1S/C19H25N3O7S2/c1-6-21(7-2)31(27,28)16-8-9-18(29-5)17(12-16)20-30(25,26)19-11-15(22(23)24)10-13(3)14(19)4/h8-12,20H,6-7H2,1-5H3. The van der Waals surface area contributed by atoms with Gasteiger partial charge in [0.2, 0.25) is 10.0 Å². The molecule has 10 nitrogen and oxygen atoms in total. The van der Waals surface area contributed by atoms with Crippen LogP contribution in [0.3, 0.4) is 0 Å². The monoisotopic (exact) mass is 471 g/mol. The van der Waals surface area contributed by atoms with Crippen LogP contribution in [0.15, 0.2) is 40.1 Å². The van der Waals surface area contributed by atoms with Gasteiger partial charge in [0.05, 0.1) is 27.5 Å². The number of nitro benzene ring substituents is 1. The predicted molar refractivity (Wildman–Crippen MR) is 116 cm³/mol. The number of anilines is 1. The van der Waals surface area contributed by atoms with Crippen LogP contribution in [-0.2, 0) is 20.0 Å². The number of sulfonamides is 2. The minimum atomic E-state index is -4.29. The molecule has 12 heteroatoms. The lowest BCUT2D eigenvalue weighted by molar-refractivity contribution is -0.385. The van der Waals surface area contributed by atoms with Crippen LogP contribution in [0.4, 0.5) is 11.4 Å². The molecule has 1 N–H and O–H groups in total. The summed E-state index contributed by atoms with van der Waals surface area (Å²) in [7, 11) is -6.83. The van der Waals surface area contributed by atoms with Crippen molar-refractivity contribution in [2.75, 3.05) is 24.9 Å². The third-order valence-corrected chi connectivity index (χ3v) is 8.40. The average molecular weight is 472 g/mol. The molecule has 0 bridgehead atoms. The van der Waals surface area contributed by atoms with Crippen molar-refractivity contribution in [1.29, 1.82) is 0 Å². The van der Waals surface area contributed by atoms with Gasteiger partial charge in [0, 0.05) is 25.2 Å². The molecular weight excluding hydrogens is 446 g/mol. The van der Waals surface area contributed by atoms with Gasteiger partial charge in [-0.05, 0) is 43.2 Å². The molecule has 0 aromatic heterocycles. The van der Waals surface area contributed by atoms with Crippen LogP contribution in [-0.4, -0.2) is 46.3 Å². The lowest BCUT2D eigenvalue weighted by Crippen LogP contribution is -2.30. The lowest BCUT2D eigenvalue weighted by atomic mass is 10.1. The van der Waals surface area contributed by atoms with E-state index < -0.39 is 25.0 Å². The summed E-state index contributed by atoms with van der Waals surface area (Å²) in [5, 5.41) is 11.2. The highest BCUT2D eigenvalue weighted by molar-refractivity contribution is 7.92. The molecule has 0 aliphatic heterocycles. The first-order valence-electron chi connectivity index (χ1n) is 9.35. The Morgan fingerprint density at radius 1 is 1.06 bits per heavy atom. The highest BCUT2D eigenvalue weighted by Crippen LogP contribution is 2.33. The summed E-state index contributed by atoms with van der Waals surface area (Å²) in [6.45, 7) is 6.99. The van der Waals surface area contributed by atoms with Crippen LogP contribution in [0.5, 0.6) is 5.75 Å². The zero-order valence-electron chi connectivity index (χ0n) is 17.9.